The summed E-state index contributed by atoms with van der Waals surface area (Å²) in [7, 11) is 0. The van der Waals surface area contributed by atoms with Crippen LogP contribution in [-0.2, 0) is 0 Å². The number of rotatable bonds is 1. The molecule has 0 saturated carbocycles. The molecule has 2 N–H and O–H groups in total. The van der Waals surface area contributed by atoms with Gasteiger partial charge in [0.1, 0.15) is 0 Å². The van der Waals surface area contributed by atoms with Crippen molar-refractivity contribution in [2.45, 2.75) is 0 Å². The molecule has 2 nitrogen and oxygen atoms in total. The second-order valence-corrected chi connectivity index (χ2v) is 6.01. The molecule has 3 aromatic carbocycles. The molecule has 102 valence electrons. The smallest absolute Gasteiger partial charge is 0.405 e. The lowest BCUT2D eigenvalue weighted by Gasteiger charge is -2.27. The van der Waals surface area contributed by atoms with Crippen molar-refractivity contribution in [1.82, 2.24) is 0 Å². The van der Waals surface area contributed by atoms with Gasteiger partial charge in [-0.2, -0.15) is 0 Å². The number of nitrogens with one attached hydrogen (secondary N) is 2. The van der Waals surface area contributed by atoms with Gasteiger partial charge in [-0.05, 0) is 41.2 Å². The lowest BCUT2D eigenvalue weighted by Crippen LogP contribution is -2.47. The maximum Gasteiger partial charge on any atom is 0.406 e. The monoisotopic (exact) mass is 312 g/mol. The summed E-state index contributed by atoms with van der Waals surface area (Å²) in [6, 6.07) is 18.1. The van der Waals surface area contributed by atoms with Gasteiger partial charge in [0.25, 0.3) is 0 Å². The standard InChI is InChI=1S/C16H11BCl2N2/c18-12-7-11(8-13(19)9-12)17-20-14-5-1-3-10-4-2-6-15(21-17)16(10)14/h1-9,20-21H. The summed E-state index contributed by atoms with van der Waals surface area (Å²) < 4.78 is 0. The fraction of sp³-hybridized carbons (Fsp3) is 0. The molecule has 0 amide bonds. The second-order valence-electron chi connectivity index (χ2n) is 5.13. The Labute approximate surface area is 133 Å². The van der Waals surface area contributed by atoms with E-state index in [1.165, 1.54) is 10.8 Å². The first-order valence-electron chi connectivity index (χ1n) is 6.71. The summed E-state index contributed by atoms with van der Waals surface area (Å²) in [6.07, 6.45) is 0. The predicted molar refractivity (Wildman–Crippen MR) is 93.0 cm³/mol. The van der Waals surface area contributed by atoms with E-state index in [0.29, 0.717) is 10.0 Å². The topological polar surface area (TPSA) is 24.1 Å². The van der Waals surface area contributed by atoms with E-state index in [1.807, 2.05) is 12.1 Å². The molecular weight excluding hydrogens is 302 g/mol. The molecule has 21 heavy (non-hydrogen) atoms. The summed E-state index contributed by atoms with van der Waals surface area (Å²) in [5.74, 6) is 0. The van der Waals surface area contributed by atoms with Crippen LogP contribution in [0, 0.1) is 0 Å². The highest BCUT2D eigenvalue weighted by Crippen LogP contribution is 2.33. The highest BCUT2D eigenvalue weighted by atomic mass is 35.5. The van der Waals surface area contributed by atoms with Crippen LogP contribution < -0.4 is 15.9 Å². The average Bonchev–Trinajstić information content (AvgIpc) is 2.47. The molecule has 0 saturated heterocycles. The Morgan fingerprint density at radius 3 is 1.90 bits per heavy atom. The Morgan fingerprint density at radius 1 is 0.762 bits per heavy atom. The first kappa shape index (κ1) is 12.9. The predicted octanol–water partition coefficient (Wildman–Crippen LogP) is 4.38. The van der Waals surface area contributed by atoms with Gasteiger partial charge in [0.05, 0.1) is 0 Å². The van der Waals surface area contributed by atoms with Crippen LogP contribution in [0.3, 0.4) is 0 Å². The zero-order chi connectivity index (χ0) is 14.4. The van der Waals surface area contributed by atoms with E-state index >= 15 is 0 Å². The van der Waals surface area contributed by atoms with Crippen molar-refractivity contribution in [2.75, 3.05) is 10.5 Å². The molecule has 0 unspecified atom stereocenters. The number of halogens is 2. The van der Waals surface area contributed by atoms with Crippen molar-refractivity contribution in [3.05, 3.63) is 64.6 Å². The van der Waals surface area contributed by atoms with E-state index in [1.54, 1.807) is 6.07 Å². The van der Waals surface area contributed by atoms with Gasteiger partial charge in [0.15, 0.2) is 0 Å². The molecule has 1 aliphatic rings. The molecular formula is C16H11BCl2N2. The van der Waals surface area contributed by atoms with E-state index in [0.717, 1.165) is 16.8 Å². The zero-order valence-corrected chi connectivity index (χ0v) is 12.5. The van der Waals surface area contributed by atoms with Crippen molar-refractivity contribution in [3.8, 4) is 0 Å². The van der Waals surface area contributed by atoms with E-state index in [4.69, 9.17) is 23.2 Å². The van der Waals surface area contributed by atoms with Gasteiger partial charge in [0.2, 0.25) is 0 Å². The molecule has 3 aromatic rings. The Balaban J connectivity index is 1.83. The number of hydrogen-bond donors (Lipinski definition) is 2. The second kappa shape index (κ2) is 4.87. The number of anilines is 2. The van der Waals surface area contributed by atoms with Crippen LogP contribution >= 0.6 is 23.2 Å². The molecule has 1 aliphatic heterocycles. The van der Waals surface area contributed by atoms with Crippen molar-refractivity contribution in [1.29, 1.82) is 0 Å². The highest BCUT2D eigenvalue weighted by molar-refractivity contribution is 6.80. The third-order valence-corrected chi connectivity index (χ3v) is 4.16. The first-order valence-corrected chi connectivity index (χ1v) is 7.47. The highest BCUT2D eigenvalue weighted by Gasteiger charge is 2.25. The largest absolute Gasteiger partial charge is 0.406 e. The molecule has 0 fully saturated rings. The van der Waals surface area contributed by atoms with Gasteiger partial charge < -0.3 is 10.5 Å². The third kappa shape index (κ3) is 2.23. The van der Waals surface area contributed by atoms with Gasteiger partial charge in [-0.15, -0.1) is 0 Å². The minimum absolute atomic E-state index is 0.0540. The third-order valence-electron chi connectivity index (χ3n) is 3.72. The maximum atomic E-state index is 6.11. The molecule has 0 radical (unpaired) electrons. The van der Waals surface area contributed by atoms with Crippen LogP contribution in [-0.4, -0.2) is 6.98 Å². The van der Waals surface area contributed by atoms with Crippen LogP contribution in [0.4, 0.5) is 11.4 Å². The van der Waals surface area contributed by atoms with Crippen LogP contribution in [0.2, 0.25) is 10.0 Å². The normalized spacial score (nSPS) is 13.0. The zero-order valence-electron chi connectivity index (χ0n) is 11.0. The van der Waals surface area contributed by atoms with Gasteiger partial charge >= 0.3 is 6.98 Å². The fourth-order valence-corrected chi connectivity index (χ4v) is 3.38. The molecule has 5 heteroatoms. The minimum Gasteiger partial charge on any atom is -0.405 e. The fourth-order valence-electron chi connectivity index (χ4n) is 2.84. The minimum atomic E-state index is -0.0540. The summed E-state index contributed by atoms with van der Waals surface area (Å²) in [6.45, 7) is -0.0540. The SMILES string of the molecule is Clc1cc(Cl)cc(B2Nc3cccc4cccc(c34)N2)c1. The molecule has 0 aliphatic carbocycles. The summed E-state index contributed by atoms with van der Waals surface area (Å²) in [5.41, 5.74) is 3.24. The van der Waals surface area contributed by atoms with Gasteiger partial charge in [-0.1, -0.05) is 47.5 Å². The quantitative estimate of drug-likeness (QED) is 0.652. The van der Waals surface area contributed by atoms with Crippen molar-refractivity contribution in [3.63, 3.8) is 0 Å². The van der Waals surface area contributed by atoms with Gasteiger partial charge in [-0.3, -0.25) is 0 Å². The van der Waals surface area contributed by atoms with E-state index < -0.39 is 0 Å². The van der Waals surface area contributed by atoms with Crippen molar-refractivity contribution >= 4 is 57.8 Å². The maximum absolute atomic E-state index is 6.11. The summed E-state index contributed by atoms with van der Waals surface area (Å²) in [4.78, 5) is 0. The molecule has 0 spiro atoms. The first-order chi connectivity index (χ1) is 10.2. The van der Waals surface area contributed by atoms with E-state index in [9.17, 15) is 0 Å². The van der Waals surface area contributed by atoms with Crippen LogP contribution in [0.5, 0.6) is 0 Å². The van der Waals surface area contributed by atoms with Gasteiger partial charge in [-0.25, -0.2) is 0 Å². The van der Waals surface area contributed by atoms with E-state index in [2.05, 4.69) is 46.9 Å². The summed E-state index contributed by atoms with van der Waals surface area (Å²) in [5, 5.41) is 10.7. The molecule has 0 aromatic heterocycles. The Hall–Kier alpha value is -1.84. The van der Waals surface area contributed by atoms with Crippen LogP contribution in [0.25, 0.3) is 10.8 Å². The molecule has 4 rings (SSSR count). The van der Waals surface area contributed by atoms with E-state index in [-0.39, 0.29) is 6.98 Å². The number of hydrogen-bond acceptors (Lipinski definition) is 2. The lowest BCUT2D eigenvalue weighted by atomic mass is 9.66. The average molecular weight is 313 g/mol. The molecule has 1 heterocycles. The lowest BCUT2D eigenvalue weighted by molar-refractivity contribution is 1.60. The number of benzene rings is 3. The molecule has 0 atom stereocenters. The van der Waals surface area contributed by atoms with Crippen LogP contribution in [0.15, 0.2) is 54.6 Å². The molecule has 0 bridgehead atoms. The van der Waals surface area contributed by atoms with Crippen LogP contribution in [0.1, 0.15) is 0 Å². The Morgan fingerprint density at radius 2 is 1.33 bits per heavy atom. The summed E-state index contributed by atoms with van der Waals surface area (Å²) >= 11 is 12.2. The van der Waals surface area contributed by atoms with Crippen molar-refractivity contribution in [2.24, 2.45) is 0 Å². The Kier molecular flexibility index (Phi) is 2.98. The van der Waals surface area contributed by atoms with Gasteiger partial charge in [0, 0.05) is 26.8 Å². The van der Waals surface area contributed by atoms with Crippen molar-refractivity contribution < 1.29 is 0 Å². The Bertz CT molecular complexity index is 790.